The summed E-state index contributed by atoms with van der Waals surface area (Å²) in [6.45, 7) is 0. The number of rotatable bonds is 4. The van der Waals surface area contributed by atoms with Crippen molar-refractivity contribution in [2.24, 2.45) is 5.92 Å². The number of hydrogen-bond acceptors (Lipinski definition) is 3. The van der Waals surface area contributed by atoms with E-state index in [1.807, 2.05) is 13.1 Å². The Balaban J connectivity index is 2.06. The predicted molar refractivity (Wildman–Crippen MR) is 69.6 cm³/mol. The molecule has 3 nitrogen and oxygen atoms in total. The lowest BCUT2D eigenvalue weighted by Gasteiger charge is -2.19. The molecule has 2 atom stereocenters. The van der Waals surface area contributed by atoms with Crippen LogP contribution in [0.15, 0.2) is 24.3 Å². The Hall–Kier alpha value is -0.940. The molecule has 0 saturated carbocycles. The van der Waals surface area contributed by atoms with E-state index in [9.17, 15) is 12.8 Å². The molecular weight excluding hydrogens is 253 g/mol. The minimum absolute atomic E-state index is 0.0130. The molecule has 2 rings (SSSR count). The van der Waals surface area contributed by atoms with Crippen molar-refractivity contribution in [2.75, 3.05) is 18.6 Å². The Labute approximate surface area is 107 Å². The van der Waals surface area contributed by atoms with Crippen LogP contribution in [0, 0.1) is 11.7 Å². The average molecular weight is 271 g/mol. The molecule has 2 unspecified atom stereocenters. The molecule has 0 amide bonds. The van der Waals surface area contributed by atoms with Gasteiger partial charge in [0.15, 0.2) is 9.84 Å². The van der Waals surface area contributed by atoms with Gasteiger partial charge in [0.25, 0.3) is 0 Å². The normalized spacial score (nSPS) is 24.0. The van der Waals surface area contributed by atoms with Gasteiger partial charge in [-0.15, -0.1) is 0 Å². The number of sulfone groups is 1. The van der Waals surface area contributed by atoms with Gasteiger partial charge in [0.2, 0.25) is 0 Å². The highest BCUT2D eigenvalue weighted by Crippen LogP contribution is 2.28. The van der Waals surface area contributed by atoms with E-state index in [0.29, 0.717) is 0 Å². The topological polar surface area (TPSA) is 46.2 Å². The number of benzene rings is 1. The zero-order valence-electron chi connectivity index (χ0n) is 10.4. The van der Waals surface area contributed by atoms with Crippen LogP contribution in [0.3, 0.4) is 0 Å². The van der Waals surface area contributed by atoms with Crippen molar-refractivity contribution in [3.63, 3.8) is 0 Å². The second kappa shape index (κ2) is 5.36. The fourth-order valence-electron chi connectivity index (χ4n) is 2.54. The molecule has 0 aromatic heterocycles. The summed E-state index contributed by atoms with van der Waals surface area (Å²) in [5.74, 6) is 0.472. The number of hydrogen-bond donors (Lipinski definition) is 1. The Morgan fingerprint density at radius 3 is 2.83 bits per heavy atom. The molecule has 1 aromatic rings. The summed E-state index contributed by atoms with van der Waals surface area (Å²) < 4.78 is 36.0. The number of halogens is 1. The van der Waals surface area contributed by atoms with E-state index in [1.54, 1.807) is 6.07 Å². The van der Waals surface area contributed by atoms with Crippen LogP contribution in [0.5, 0.6) is 0 Å². The first-order valence-electron chi connectivity index (χ1n) is 6.13. The minimum Gasteiger partial charge on any atom is -0.313 e. The Kier molecular flexibility index (Phi) is 4.02. The third kappa shape index (κ3) is 3.29. The van der Waals surface area contributed by atoms with Crippen LogP contribution in [0.2, 0.25) is 0 Å². The quantitative estimate of drug-likeness (QED) is 0.910. The summed E-state index contributed by atoms with van der Waals surface area (Å²) in [5, 5.41) is 3.14. The van der Waals surface area contributed by atoms with Crippen LogP contribution >= 0.6 is 0 Å². The molecule has 18 heavy (non-hydrogen) atoms. The summed E-state index contributed by atoms with van der Waals surface area (Å²) in [6.07, 6.45) is 1.45. The molecule has 100 valence electrons. The van der Waals surface area contributed by atoms with E-state index in [2.05, 4.69) is 5.32 Å². The fourth-order valence-corrected chi connectivity index (χ4v) is 4.42. The summed E-state index contributed by atoms with van der Waals surface area (Å²) in [4.78, 5) is 0. The molecule has 5 heteroatoms. The second-order valence-electron chi connectivity index (χ2n) is 4.90. The van der Waals surface area contributed by atoms with Gasteiger partial charge in [0.05, 0.1) is 11.5 Å². The van der Waals surface area contributed by atoms with Crippen molar-refractivity contribution in [1.29, 1.82) is 0 Å². The molecule has 1 N–H and O–H groups in total. The average Bonchev–Trinajstić information content (AvgIpc) is 2.65. The number of nitrogens with one attached hydrogen (secondary N) is 1. The lowest BCUT2D eigenvalue weighted by Crippen LogP contribution is -2.20. The third-order valence-corrected chi connectivity index (χ3v) is 5.33. The highest BCUT2D eigenvalue weighted by molar-refractivity contribution is 7.91. The Morgan fingerprint density at radius 1 is 1.50 bits per heavy atom. The van der Waals surface area contributed by atoms with E-state index in [0.717, 1.165) is 18.4 Å². The van der Waals surface area contributed by atoms with E-state index in [4.69, 9.17) is 0 Å². The van der Waals surface area contributed by atoms with Crippen LogP contribution in [-0.4, -0.2) is 27.0 Å². The van der Waals surface area contributed by atoms with Crippen LogP contribution < -0.4 is 5.32 Å². The van der Waals surface area contributed by atoms with Crippen LogP contribution in [0.25, 0.3) is 0 Å². The van der Waals surface area contributed by atoms with Crippen LogP contribution in [0.4, 0.5) is 4.39 Å². The predicted octanol–water partition coefficient (Wildman–Crippen LogP) is 1.91. The fraction of sp³-hybridized carbons (Fsp3) is 0.538. The van der Waals surface area contributed by atoms with Gasteiger partial charge >= 0.3 is 0 Å². The first kappa shape index (κ1) is 13.5. The van der Waals surface area contributed by atoms with E-state index >= 15 is 0 Å². The van der Waals surface area contributed by atoms with Gasteiger partial charge in [0.1, 0.15) is 5.82 Å². The van der Waals surface area contributed by atoms with Crippen molar-refractivity contribution in [3.05, 3.63) is 35.6 Å². The highest BCUT2D eigenvalue weighted by atomic mass is 32.2. The van der Waals surface area contributed by atoms with Crippen molar-refractivity contribution in [1.82, 2.24) is 5.32 Å². The van der Waals surface area contributed by atoms with E-state index < -0.39 is 9.84 Å². The molecule has 1 heterocycles. The first-order chi connectivity index (χ1) is 8.50. The zero-order valence-corrected chi connectivity index (χ0v) is 11.2. The molecule has 0 radical (unpaired) electrons. The van der Waals surface area contributed by atoms with Crippen LogP contribution in [-0.2, 0) is 9.84 Å². The molecule has 0 bridgehead atoms. The highest BCUT2D eigenvalue weighted by Gasteiger charge is 2.29. The second-order valence-corrected chi connectivity index (χ2v) is 7.13. The Morgan fingerprint density at radius 2 is 2.28 bits per heavy atom. The maximum atomic E-state index is 13.2. The SMILES string of the molecule is CNC(CC1CCS(=O)(=O)C1)c1cccc(F)c1. The first-order valence-corrected chi connectivity index (χ1v) is 7.95. The maximum Gasteiger partial charge on any atom is 0.150 e. The summed E-state index contributed by atoms with van der Waals surface area (Å²) >= 11 is 0. The van der Waals surface area contributed by atoms with Crippen molar-refractivity contribution < 1.29 is 12.8 Å². The standard InChI is InChI=1S/C13H18FNO2S/c1-15-13(11-3-2-4-12(14)8-11)7-10-5-6-18(16,17)9-10/h2-4,8,10,13,15H,5-7,9H2,1H3. The molecule has 1 aliphatic heterocycles. The van der Waals surface area contributed by atoms with Gasteiger partial charge < -0.3 is 5.32 Å². The van der Waals surface area contributed by atoms with Crippen molar-refractivity contribution >= 4 is 9.84 Å². The molecule has 1 aromatic carbocycles. The van der Waals surface area contributed by atoms with E-state index in [1.165, 1.54) is 12.1 Å². The monoisotopic (exact) mass is 271 g/mol. The summed E-state index contributed by atoms with van der Waals surface area (Å²) in [5.41, 5.74) is 0.877. The van der Waals surface area contributed by atoms with Gasteiger partial charge in [-0.05, 0) is 43.5 Å². The van der Waals surface area contributed by atoms with Crippen LogP contribution in [0.1, 0.15) is 24.4 Å². The molecule has 0 spiro atoms. The van der Waals surface area contributed by atoms with Crippen molar-refractivity contribution in [3.8, 4) is 0 Å². The molecule has 1 saturated heterocycles. The molecule has 1 fully saturated rings. The smallest absolute Gasteiger partial charge is 0.150 e. The van der Waals surface area contributed by atoms with Gasteiger partial charge in [0, 0.05) is 6.04 Å². The third-order valence-electron chi connectivity index (χ3n) is 3.50. The summed E-state index contributed by atoms with van der Waals surface area (Å²) in [7, 11) is -1.02. The lowest BCUT2D eigenvalue weighted by atomic mass is 9.94. The van der Waals surface area contributed by atoms with Gasteiger partial charge in [-0.1, -0.05) is 12.1 Å². The lowest BCUT2D eigenvalue weighted by molar-refractivity contribution is 0.435. The van der Waals surface area contributed by atoms with Crippen molar-refractivity contribution in [2.45, 2.75) is 18.9 Å². The Bertz CT molecular complexity index is 515. The molecule has 1 aliphatic rings. The van der Waals surface area contributed by atoms with Gasteiger partial charge in [-0.2, -0.15) is 0 Å². The molecular formula is C13H18FNO2S. The molecule has 0 aliphatic carbocycles. The zero-order chi connectivity index (χ0) is 13.2. The van der Waals surface area contributed by atoms with Gasteiger partial charge in [-0.3, -0.25) is 0 Å². The summed E-state index contributed by atoms with van der Waals surface area (Å²) in [6, 6.07) is 6.48. The van der Waals surface area contributed by atoms with E-state index in [-0.39, 0.29) is 29.3 Å². The maximum absolute atomic E-state index is 13.2. The van der Waals surface area contributed by atoms with Gasteiger partial charge in [-0.25, -0.2) is 12.8 Å². The largest absolute Gasteiger partial charge is 0.313 e. The minimum atomic E-state index is -2.84.